The molecule has 290 valence electrons. The van der Waals surface area contributed by atoms with Crippen LogP contribution in [0.3, 0.4) is 0 Å². The molecule has 5 heterocycles. The van der Waals surface area contributed by atoms with E-state index < -0.39 is 74.5 Å². The molecule has 55 heavy (non-hydrogen) atoms. The number of rotatable bonds is 7. The fraction of sp³-hybridized carbons (Fsp3) is 0.459. The lowest BCUT2D eigenvalue weighted by Crippen LogP contribution is -2.58. The van der Waals surface area contributed by atoms with Gasteiger partial charge in [-0.15, -0.1) is 0 Å². The number of carbonyl (C=O) groups excluding carboxylic acids is 4. The van der Waals surface area contributed by atoms with Crippen LogP contribution in [0.4, 0.5) is 9.18 Å². The van der Waals surface area contributed by atoms with Crippen molar-refractivity contribution in [1.82, 2.24) is 30.2 Å². The molecule has 0 unspecified atom stereocenters. The fourth-order valence-electron chi connectivity index (χ4n) is 7.39. The summed E-state index contributed by atoms with van der Waals surface area (Å²) in [5, 5.41) is 5.13. The quantitative estimate of drug-likeness (QED) is 0.229. The highest BCUT2D eigenvalue weighted by atomic mass is 32.2. The zero-order chi connectivity index (χ0) is 38.5. The highest BCUT2D eigenvalue weighted by Gasteiger charge is 2.62. The minimum Gasteiger partial charge on any atom is -0.470 e. The van der Waals surface area contributed by atoms with Gasteiger partial charge in [-0.05, 0) is 68.9 Å². The summed E-state index contributed by atoms with van der Waals surface area (Å²) in [6.45, 7) is -0.148. The van der Waals surface area contributed by atoms with Crippen LogP contribution >= 0.6 is 0 Å². The topological polar surface area (TPSA) is 212 Å². The van der Waals surface area contributed by atoms with Crippen molar-refractivity contribution < 1.29 is 50.3 Å². The van der Waals surface area contributed by atoms with Crippen LogP contribution in [-0.4, -0.2) is 89.7 Å². The number of ether oxygens (including phenoxy) is 2. The predicted molar refractivity (Wildman–Crippen MR) is 192 cm³/mol. The minimum atomic E-state index is -3.93. The number of alkyl carbamates (subject to hydrolysis) is 1. The molecule has 2 aliphatic heterocycles. The summed E-state index contributed by atoms with van der Waals surface area (Å²) < 4.78 is 65.1. The Morgan fingerprint density at radius 1 is 1.11 bits per heavy atom. The second-order valence-corrected chi connectivity index (χ2v) is 16.4. The Morgan fingerprint density at radius 3 is 2.71 bits per heavy atom. The lowest BCUT2D eigenvalue weighted by atomic mass is 10.1. The molecule has 1 aromatic carbocycles. The number of hydrogen-bond acceptors (Lipinski definition) is 12. The third-order valence-corrected chi connectivity index (χ3v) is 12.4. The van der Waals surface area contributed by atoms with Crippen molar-refractivity contribution in [2.45, 2.75) is 86.8 Å². The maximum Gasteiger partial charge on any atom is 0.407 e. The first kappa shape index (κ1) is 36.5. The second kappa shape index (κ2) is 14.3. The molecule has 3 N–H and O–H groups in total. The van der Waals surface area contributed by atoms with Crippen LogP contribution in [0.25, 0.3) is 33.7 Å². The standard InChI is InChI=1S/C37H39FN6O10S/c1-51-36(48)39-25-9-6-4-2-3-5-8-20-18-37(20,35(47)43-55(49,50)23-12-13-23)42-32(45)26-17-22(19-44(26)34(25)46)53-33-30-29(24-16-21(38)11-14-27(24)54-30)40-31(41-33)28-10-7-15-52-28/h5,7-8,10-11,14-16,20,22-23,25-26H,2-4,6,9,12-13,17-19H2,1H3,(H,39,48)(H,42,45)(H,43,47)/b8-5-/t20-,22+,25-,26-,37+/m0/s1. The van der Waals surface area contributed by atoms with E-state index in [-0.39, 0.29) is 48.6 Å². The number of allylic oxidation sites excluding steroid dienone is 1. The van der Waals surface area contributed by atoms with Gasteiger partial charge in [0.05, 0.1) is 25.2 Å². The number of methoxy groups -OCH3 is 1. The highest BCUT2D eigenvalue weighted by Crippen LogP contribution is 2.46. The largest absolute Gasteiger partial charge is 0.470 e. The van der Waals surface area contributed by atoms with E-state index in [4.69, 9.17) is 18.3 Å². The average molecular weight is 779 g/mol. The molecule has 4 amide bonds. The van der Waals surface area contributed by atoms with Crippen LogP contribution in [0.5, 0.6) is 5.88 Å². The molecular formula is C37H39FN6O10S. The van der Waals surface area contributed by atoms with Crippen LogP contribution in [0.15, 0.2) is 57.6 Å². The number of benzene rings is 1. The van der Waals surface area contributed by atoms with Gasteiger partial charge in [0, 0.05) is 17.7 Å². The van der Waals surface area contributed by atoms with Crippen LogP contribution in [0.1, 0.15) is 57.8 Å². The van der Waals surface area contributed by atoms with Gasteiger partial charge in [0.2, 0.25) is 27.4 Å². The maximum atomic E-state index is 14.4. The Morgan fingerprint density at radius 2 is 1.95 bits per heavy atom. The smallest absolute Gasteiger partial charge is 0.407 e. The molecule has 2 saturated carbocycles. The van der Waals surface area contributed by atoms with Gasteiger partial charge in [-0.1, -0.05) is 25.0 Å². The number of nitrogens with zero attached hydrogens (tertiary/aromatic N) is 3. The van der Waals surface area contributed by atoms with Crippen LogP contribution in [-0.2, 0) is 29.1 Å². The first-order valence-corrected chi connectivity index (χ1v) is 19.8. The molecule has 3 aromatic heterocycles. The Hall–Kier alpha value is -5.52. The number of nitrogens with one attached hydrogen (secondary N) is 3. The summed E-state index contributed by atoms with van der Waals surface area (Å²) in [4.78, 5) is 65.3. The summed E-state index contributed by atoms with van der Waals surface area (Å²) in [5.74, 6) is -2.74. The summed E-state index contributed by atoms with van der Waals surface area (Å²) in [7, 11) is -2.75. The Kier molecular flexibility index (Phi) is 9.47. The number of sulfonamides is 1. The van der Waals surface area contributed by atoms with Gasteiger partial charge in [-0.25, -0.2) is 22.6 Å². The zero-order valence-electron chi connectivity index (χ0n) is 29.8. The zero-order valence-corrected chi connectivity index (χ0v) is 30.6. The lowest BCUT2D eigenvalue weighted by Gasteiger charge is -2.29. The molecule has 4 aromatic rings. The van der Waals surface area contributed by atoms with E-state index in [1.165, 1.54) is 36.5 Å². The van der Waals surface area contributed by atoms with Crippen LogP contribution in [0.2, 0.25) is 0 Å². The Balaban J connectivity index is 1.14. The van der Waals surface area contributed by atoms with Crippen LogP contribution in [0, 0.1) is 11.7 Å². The van der Waals surface area contributed by atoms with Crippen molar-refractivity contribution in [1.29, 1.82) is 0 Å². The number of furan rings is 2. The molecule has 16 nitrogen and oxygen atoms in total. The number of fused-ring (bicyclic) bond motifs is 5. The third-order valence-electron chi connectivity index (χ3n) is 10.6. The van der Waals surface area contributed by atoms with Gasteiger partial charge in [-0.3, -0.25) is 19.1 Å². The van der Waals surface area contributed by atoms with Gasteiger partial charge in [-0.2, -0.15) is 4.98 Å². The normalized spacial score (nSPS) is 26.6. The van der Waals surface area contributed by atoms with Crippen molar-refractivity contribution in [3.05, 3.63) is 54.6 Å². The average Bonchev–Trinajstić information content (AvgIpc) is 3.96. The van der Waals surface area contributed by atoms with E-state index in [9.17, 15) is 32.0 Å². The van der Waals surface area contributed by atoms with Gasteiger partial charge in [0.1, 0.15) is 40.6 Å². The van der Waals surface area contributed by atoms with E-state index >= 15 is 0 Å². The van der Waals surface area contributed by atoms with E-state index in [0.717, 1.165) is 12.8 Å². The molecule has 8 rings (SSSR count). The highest BCUT2D eigenvalue weighted by molar-refractivity contribution is 7.91. The van der Waals surface area contributed by atoms with Crippen molar-refractivity contribution in [3.8, 4) is 17.5 Å². The fourth-order valence-corrected chi connectivity index (χ4v) is 8.76. The third kappa shape index (κ3) is 7.22. The lowest BCUT2D eigenvalue weighted by molar-refractivity contribution is -0.141. The molecule has 4 aliphatic rings. The first-order chi connectivity index (χ1) is 26.5. The number of amides is 4. The minimum absolute atomic E-state index is 0.0497. The van der Waals surface area contributed by atoms with E-state index in [1.807, 2.05) is 12.2 Å². The molecule has 18 heteroatoms. The number of carbonyl (C=O) groups is 4. The molecule has 2 aliphatic carbocycles. The Labute approximate surface area is 314 Å². The summed E-state index contributed by atoms with van der Waals surface area (Å²) in [6.07, 6.45) is 7.41. The summed E-state index contributed by atoms with van der Waals surface area (Å²) in [5.41, 5.74) is -0.899. The van der Waals surface area contributed by atoms with Crippen molar-refractivity contribution in [3.63, 3.8) is 0 Å². The van der Waals surface area contributed by atoms with E-state index in [1.54, 1.807) is 12.1 Å². The summed E-state index contributed by atoms with van der Waals surface area (Å²) in [6, 6.07) is 4.98. The van der Waals surface area contributed by atoms with E-state index in [2.05, 4.69) is 25.3 Å². The molecule has 0 radical (unpaired) electrons. The molecule has 1 saturated heterocycles. The molecule has 5 atom stereocenters. The van der Waals surface area contributed by atoms with Crippen molar-refractivity contribution in [2.24, 2.45) is 5.92 Å². The first-order valence-electron chi connectivity index (χ1n) is 18.3. The van der Waals surface area contributed by atoms with Crippen molar-refractivity contribution in [2.75, 3.05) is 13.7 Å². The van der Waals surface area contributed by atoms with Gasteiger partial charge < -0.3 is 33.8 Å². The molecular weight excluding hydrogens is 740 g/mol. The number of hydrogen-bond donors (Lipinski definition) is 3. The molecule has 3 fully saturated rings. The monoisotopic (exact) mass is 778 g/mol. The molecule has 0 bridgehead atoms. The van der Waals surface area contributed by atoms with Gasteiger partial charge in [0.15, 0.2) is 11.6 Å². The second-order valence-electron chi connectivity index (χ2n) is 14.4. The van der Waals surface area contributed by atoms with Crippen molar-refractivity contribution >= 4 is 55.9 Å². The predicted octanol–water partition coefficient (Wildman–Crippen LogP) is 3.85. The van der Waals surface area contributed by atoms with E-state index in [0.29, 0.717) is 42.4 Å². The Bertz CT molecular complexity index is 2310. The number of aromatic nitrogens is 2. The number of halogens is 1. The van der Waals surface area contributed by atoms with Crippen LogP contribution < -0.4 is 20.1 Å². The van der Waals surface area contributed by atoms with Gasteiger partial charge >= 0.3 is 6.09 Å². The summed E-state index contributed by atoms with van der Waals surface area (Å²) >= 11 is 0. The van der Waals surface area contributed by atoms with Gasteiger partial charge in [0.25, 0.3) is 11.8 Å². The SMILES string of the molecule is COC(=O)N[C@H]1CCCCC/C=C\[C@H]2C[C@@]2(C(=O)NS(=O)(=O)C2CC2)NC(=O)[C@@H]2C[C@@H](Oc3nc(-c4ccco4)nc4c3oc3ccc(F)cc34)CN2C1=O. The molecule has 0 spiro atoms. The maximum absolute atomic E-state index is 14.4.